The first kappa shape index (κ1) is 15.2. The van der Waals surface area contributed by atoms with Gasteiger partial charge in [-0.25, -0.2) is 4.79 Å². The van der Waals surface area contributed by atoms with Gasteiger partial charge in [-0.3, -0.25) is 14.3 Å². The molecular weight excluding hydrogens is 308 g/mol. The van der Waals surface area contributed by atoms with Crippen molar-refractivity contribution in [2.75, 3.05) is 6.61 Å². The van der Waals surface area contributed by atoms with Crippen molar-refractivity contribution < 1.29 is 14.9 Å². The van der Waals surface area contributed by atoms with E-state index in [1.165, 1.54) is 22.1 Å². The number of rotatable bonds is 3. The first-order valence-electron chi connectivity index (χ1n) is 6.81. The van der Waals surface area contributed by atoms with E-state index in [2.05, 4.69) is 4.98 Å². The van der Waals surface area contributed by atoms with E-state index in [9.17, 15) is 19.8 Å². The molecule has 1 fully saturated rings. The Morgan fingerprint density at radius 2 is 2.32 bits per heavy atom. The third kappa shape index (κ3) is 2.24. The summed E-state index contributed by atoms with van der Waals surface area (Å²) < 4.78 is 7.11. The highest BCUT2D eigenvalue weighted by Crippen LogP contribution is 2.44. The maximum absolute atomic E-state index is 12.0. The van der Waals surface area contributed by atoms with Crippen LogP contribution in [0.2, 0.25) is 0 Å². The summed E-state index contributed by atoms with van der Waals surface area (Å²) in [5.41, 5.74) is -1.93. The molecule has 1 aliphatic heterocycles. The molecule has 0 saturated carbocycles. The number of aryl methyl sites for hydroxylation is 1. The number of aliphatic hydroxyl groups is 2. The van der Waals surface area contributed by atoms with Crippen molar-refractivity contribution in [1.29, 1.82) is 0 Å². The second kappa shape index (κ2) is 5.47. The van der Waals surface area contributed by atoms with Crippen LogP contribution >= 0.6 is 11.3 Å². The lowest BCUT2D eigenvalue weighted by Crippen LogP contribution is -2.39. The van der Waals surface area contributed by atoms with E-state index in [-0.39, 0.29) is 6.42 Å². The van der Waals surface area contributed by atoms with Crippen LogP contribution < -0.4 is 11.2 Å². The minimum absolute atomic E-state index is 0.143. The second-order valence-electron chi connectivity index (χ2n) is 5.33. The van der Waals surface area contributed by atoms with Crippen molar-refractivity contribution in [3.05, 3.63) is 55.0 Å². The Kier molecular flexibility index (Phi) is 3.77. The predicted octanol–water partition coefficient (Wildman–Crippen LogP) is 0.0741. The highest BCUT2D eigenvalue weighted by Gasteiger charge is 2.50. The lowest BCUT2D eigenvalue weighted by molar-refractivity contribution is -0.132. The fourth-order valence-corrected chi connectivity index (χ4v) is 3.59. The highest BCUT2D eigenvalue weighted by atomic mass is 32.1. The van der Waals surface area contributed by atoms with Crippen molar-refractivity contribution in [3.8, 4) is 0 Å². The first-order chi connectivity index (χ1) is 10.5. The molecule has 0 aliphatic carbocycles. The molecule has 1 aliphatic rings. The number of nitrogens with one attached hydrogen (secondary N) is 1. The second-order valence-corrected chi connectivity index (χ2v) is 6.28. The Hall–Kier alpha value is -1.74. The van der Waals surface area contributed by atoms with E-state index in [1.54, 1.807) is 19.1 Å². The Balaban J connectivity index is 2.02. The summed E-state index contributed by atoms with van der Waals surface area (Å²) in [4.78, 5) is 26.3. The molecule has 118 valence electrons. The molecule has 0 spiro atoms. The van der Waals surface area contributed by atoms with Gasteiger partial charge < -0.3 is 14.9 Å². The molecule has 0 radical (unpaired) electrons. The molecule has 3 atom stereocenters. The molecule has 2 aromatic heterocycles. The number of hydrogen-bond acceptors (Lipinski definition) is 6. The van der Waals surface area contributed by atoms with Gasteiger partial charge in [0.15, 0.2) is 5.60 Å². The van der Waals surface area contributed by atoms with E-state index in [0.717, 1.165) is 0 Å². The van der Waals surface area contributed by atoms with Gasteiger partial charge in [-0.05, 0) is 18.4 Å². The molecule has 0 bridgehead atoms. The van der Waals surface area contributed by atoms with Gasteiger partial charge in [0.1, 0.15) is 6.23 Å². The molecule has 8 heteroatoms. The van der Waals surface area contributed by atoms with Crippen molar-refractivity contribution in [2.24, 2.45) is 0 Å². The molecule has 3 N–H and O–H groups in total. The van der Waals surface area contributed by atoms with E-state index < -0.39 is 35.8 Å². The Morgan fingerprint density at radius 3 is 2.95 bits per heavy atom. The van der Waals surface area contributed by atoms with Crippen LogP contribution in [0, 0.1) is 6.92 Å². The maximum Gasteiger partial charge on any atom is 0.330 e. The third-order valence-corrected chi connectivity index (χ3v) is 4.97. The van der Waals surface area contributed by atoms with Crippen LogP contribution in [-0.4, -0.2) is 32.5 Å². The van der Waals surface area contributed by atoms with Gasteiger partial charge in [0.25, 0.3) is 5.56 Å². The van der Waals surface area contributed by atoms with Crippen LogP contribution in [-0.2, 0) is 10.3 Å². The molecule has 3 heterocycles. The zero-order valence-corrected chi connectivity index (χ0v) is 12.7. The van der Waals surface area contributed by atoms with Crippen molar-refractivity contribution in [1.82, 2.24) is 9.55 Å². The smallest absolute Gasteiger partial charge is 0.330 e. The predicted molar refractivity (Wildman–Crippen MR) is 79.9 cm³/mol. The summed E-state index contributed by atoms with van der Waals surface area (Å²) in [5.74, 6) is 0. The van der Waals surface area contributed by atoms with Gasteiger partial charge >= 0.3 is 5.69 Å². The van der Waals surface area contributed by atoms with Crippen molar-refractivity contribution >= 4 is 11.3 Å². The topological polar surface area (TPSA) is 105 Å². The van der Waals surface area contributed by atoms with Crippen molar-refractivity contribution in [3.63, 3.8) is 0 Å². The highest BCUT2D eigenvalue weighted by molar-refractivity contribution is 7.10. The summed E-state index contributed by atoms with van der Waals surface area (Å²) in [7, 11) is 0. The van der Waals surface area contributed by atoms with Gasteiger partial charge in [-0.2, -0.15) is 0 Å². The van der Waals surface area contributed by atoms with Crippen LogP contribution in [0.3, 0.4) is 0 Å². The van der Waals surface area contributed by atoms with Gasteiger partial charge in [-0.15, -0.1) is 11.3 Å². The average Bonchev–Trinajstić information content (AvgIpc) is 3.11. The van der Waals surface area contributed by atoms with Gasteiger partial charge in [0.05, 0.1) is 12.7 Å². The summed E-state index contributed by atoms with van der Waals surface area (Å²) in [6.07, 6.45) is -0.169. The Labute approximate surface area is 129 Å². The summed E-state index contributed by atoms with van der Waals surface area (Å²) in [5, 5.41) is 22.0. The Bertz CT molecular complexity index is 781. The maximum atomic E-state index is 12.0. The minimum atomic E-state index is -1.25. The van der Waals surface area contributed by atoms with E-state index in [1.807, 2.05) is 5.38 Å². The summed E-state index contributed by atoms with van der Waals surface area (Å²) in [6.45, 7) is 1.18. The molecular formula is C14H16N2O5S. The number of aliphatic hydroxyl groups excluding tert-OH is 2. The number of aromatic nitrogens is 2. The first-order valence-corrected chi connectivity index (χ1v) is 7.68. The number of hydrogen-bond donors (Lipinski definition) is 3. The fraction of sp³-hybridized carbons (Fsp3) is 0.429. The van der Waals surface area contributed by atoms with E-state index >= 15 is 0 Å². The minimum Gasteiger partial charge on any atom is -0.393 e. The van der Waals surface area contributed by atoms with Gasteiger partial charge in [0, 0.05) is 23.1 Å². The molecule has 1 unspecified atom stereocenters. The third-order valence-electron chi connectivity index (χ3n) is 3.94. The zero-order chi connectivity index (χ0) is 15.9. The molecule has 2 aromatic rings. The van der Waals surface area contributed by atoms with Crippen LogP contribution in [0.15, 0.2) is 33.3 Å². The molecule has 0 aromatic carbocycles. The van der Waals surface area contributed by atoms with Gasteiger partial charge in [0.2, 0.25) is 0 Å². The largest absolute Gasteiger partial charge is 0.393 e. The summed E-state index contributed by atoms with van der Waals surface area (Å²) >= 11 is 1.36. The number of aromatic amines is 1. The van der Waals surface area contributed by atoms with Crippen molar-refractivity contribution in [2.45, 2.75) is 31.3 Å². The average molecular weight is 324 g/mol. The zero-order valence-electron chi connectivity index (χ0n) is 11.9. The Morgan fingerprint density at radius 1 is 1.55 bits per heavy atom. The molecule has 1 saturated heterocycles. The van der Waals surface area contributed by atoms with Crippen LogP contribution in [0.25, 0.3) is 0 Å². The number of H-pyrrole nitrogens is 1. The normalized spacial score (nSPS) is 28.1. The lowest BCUT2D eigenvalue weighted by atomic mass is 9.96. The number of nitrogens with zero attached hydrogens (tertiary/aromatic N) is 1. The van der Waals surface area contributed by atoms with Crippen LogP contribution in [0.5, 0.6) is 0 Å². The van der Waals surface area contributed by atoms with Crippen LogP contribution in [0.4, 0.5) is 0 Å². The molecule has 22 heavy (non-hydrogen) atoms. The number of thiophene rings is 1. The quantitative estimate of drug-likeness (QED) is 0.741. The van der Waals surface area contributed by atoms with E-state index in [0.29, 0.717) is 10.4 Å². The standard InChI is InChI=1S/C14H16N2O5S/c1-8-6-16(13(20)15-12(8)19)11-5-9(18)14(7-17,21-11)10-3-2-4-22-10/h2-4,6,9,11,17-18H,5,7H2,1H3,(H,15,19,20)/t9-,11?,14+/m0/s1. The monoisotopic (exact) mass is 324 g/mol. The fourth-order valence-electron chi connectivity index (χ4n) is 2.68. The molecule has 3 rings (SSSR count). The number of ether oxygens (including phenoxy) is 1. The van der Waals surface area contributed by atoms with Gasteiger partial charge in [-0.1, -0.05) is 6.07 Å². The van der Waals surface area contributed by atoms with E-state index in [4.69, 9.17) is 4.74 Å². The van der Waals surface area contributed by atoms with Crippen LogP contribution in [0.1, 0.15) is 23.1 Å². The summed E-state index contributed by atoms with van der Waals surface area (Å²) in [6, 6.07) is 3.57. The lowest BCUT2D eigenvalue weighted by Gasteiger charge is -2.29. The SMILES string of the molecule is Cc1cn(C2C[C@H](O)[C@](CO)(c3cccs3)O2)c(=O)[nH]c1=O. The molecule has 0 amide bonds. The molecule has 7 nitrogen and oxygen atoms in total.